The van der Waals surface area contributed by atoms with Crippen molar-refractivity contribution in [1.29, 1.82) is 0 Å². The van der Waals surface area contributed by atoms with E-state index in [0.717, 1.165) is 12.1 Å². The number of imidazole rings is 1. The summed E-state index contributed by atoms with van der Waals surface area (Å²) in [6.45, 7) is 4.30. The van der Waals surface area contributed by atoms with Crippen LogP contribution in [0.4, 0.5) is 0 Å². The highest BCUT2D eigenvalue weighted by molar-refractivity contribution is 5.85. The van der Waals surface area contributed by atoms with Gasteiger partial charge in [-0.3, -0.25) is 0 Å². The predicted octanol–water partition coefficient (Wildman–Crippen LogP) is 1.77. The first kappa shape index (κ1) is 11.5. The number of rotatable bonds is 3. The number of aromatic nitrogens is 2. The molecule has 0 aliphatic carbocycles. The fourth-order valence-corrected chi connectivity index (χ4v) is 1.05. The first-order valence-corrected chi connectivity index (χ1v) is 3.91. The van der Waals surface area contributed by atoms with E-state index in [1.54, 1.807) is 12.5 Å². The Bertz CT molecular complexity index is 225. The zero-order chi connectivity index (χ0) is 8.27. The van der Waals surface area contributed by atoms with Gasteiger partial charge in [-0.1, -0.05) is 6.92 Å². The van der Waals surface area contributed by atoms with Crippen LogP contribution < -0.4 is 0 Å². The van der Waals surface area contributed by atoms with Gasteiger partial charge in [0.25, 0.3) is 0 Å². The molecule has 0 aromatic carbocycles. The summed E-state index contributed by atoms with van der Waals surface area (Å²) in [6.07, 6.45) is 4.52. The molecule has 3 nitrogen and oxygen atoms in total. The van der Waals surface area contributed by atoms with Crippen LogP contribution in [0.15, 0.2) is 12.5 Å². The maximum Gasteiger partial charge on any atom is 0.0951 e. The van der Waals surface area contributed by atoms with Gasteiger partial charge in [0.15, 0.2) is 0 Å². The Morgan fingerprint density at radius 2 is 2.33 bits per heavy atom. The monoisotopic (exact) mass is 190 g/mol. The van der Waals surface area contributed by atoms with Crippen LogP contribution in [0.2, 0.25) is 0 Å². The van der Waals surface area contributed by atoms with Gasteiger partial charge in [-0.05, 0) is 13.3 Å². The molecule has 1 rings (SSSR count). The van der Waals surface area contributed by atoms with Gasteiger partial charge >= 0.3 is 0 Å². The Morgan fingerprint density at radius 3 is 2.83 bits per heavy atom. The molecule has 1 aromatic rings. The SMILES string of the molecule is CCC(C)n1cncc1CO.Cl. The topological polar surface area (TPSA) is 38.0 Å². The van der Waals surface area contributed by atoms with Crippen molar-refractivity contribution in [3.8, 4) is 0 Å². The van der Waals surface area contributed by atoms with Gasteiger partial charge in [-0.25, -0.2) is 4.98 Å². The molecule has 0 aliphatic rings. The van der Waals surface area contributed by atoms with Crippen molar-refractivity contribution in [2.75, 3.05) is 0 Å². The van der Waals surface area contributed by atoms with Crippen LogP contribution in [0.25, 0.3) is 0 Å². The molecule has 1 unspecified atom stereocenters. The average Bonchev–Trinajstić information content (AvgIpc) is 2.50. The van der Waals surface area contributed by atoms with Crippen LogP contribution in [0.5, 0.6) is 0 Å². The molecule has 0 radical (unpaired) electrons. The van der Waals surface area contributed by atoms with Crippen molar-refractivity contribution in [2.24, 2.45) is 0 Å². The molecule has 0 saturated carbocycles. The summed E-state index contributed by atoms with van der Waals surface area (Å²) in [6, 6.07) is 0.430. The maximum atomic E-state index is 8.89. The second-order valence-corrected chi connectivity index (χ2v) is 2.71. The summed E-state index contributed by atoms with van der Waals surface area (Å²) in [7, 11) is 0. The number of hydrogen-bond donors (Lipinski definition) is 1. The zero-order valence-corrected chi connectivity index (χ0v) is 8.21. The van der Waals surface area contributed by atoms with Crippen molar-refractivity contribution in [3.63, 3.8) is 0 Å². The van der Waals surface area contributed by atoms with Crippen LogP contribution in [0.1, 0.15) is 32.0 Å². The number of aliphatic hydroxyl groups is 1. The molecule has 1 aromatic heterocycles. The van der Waals surface area contributed by atoms with Crippen LogP contribution in [-0.4, -0.2) is 14.7 Å². The Labute approximate surface area is 78.8 Å². The fourth-order valence-electron chi connectivity index (χ4n) is 1.05. The van der Waals surface area contributed by atoms with Gasteiger partial charge in [0.05, 0.1) is 24.8 Å². The predicted molar refractivity (Wildman–Crippen MR) is 50.4 cm³/mol. The summed E-state index contributed by atoms with van der Waals surface area (Å²) < 4.78 is 2.00. The Hall–Kier alpha value is -0.540. The first-order valence-electron chi connectivity index (χ1n) is 3.91. The molecule has 70 valence electrons. The van der Waals surface area contributed by atoms with E-state index in [-0.39, 0.29) is 19.0 Å². The molecule has 0 fully saturated rings. The van der Waals surface area contributed by atoms with E-state index < -0.39 is 0 Å². The normalized spacial score (nSPS) is 12.2. The largest absolute Gasteiger partial charge is 0.390 e. The molecule has 1 atom stereocenters. The molecular formula is C8H15ClN2O. The Kier molecular flexibility index (Phi) is 4.93. The smallest absolute Gasteiger partial charge is 0.0951 e. The number of hydrogen-bond acceptors (Lipinski definition) is 2. The molecule has 0 amide bonds. The maximum absolute atomic E-state index is 8.89. The highest BCUT2D eigenvalue weighted by Crippen LogP contribution is 2.12. The third-order valence-electron chi connectivity index (χ3n) is 1.97. The summed E-state index contributed by atoms with van der Waals surface area (Å²) in [5.74, 6) is 0. The van der Waals surface area contributed by atoms with E-state index in [1.807, 2.05) is 4.57 Å². The lowest BCUT2D eigenvalue weighted by Crippen LogP contribution is -2.06. The van der Waals surface area contributed by atoms with Crippen molar-refractivity contribution in [2.45, 2.75) is 32.9 Å². The summed E-state index contributed by atoms with van der Waals surface area (Å²) in [4.78, 5) is 3.96. The third-order valence-corrected chi connectivity index (χ3v) is 1.97. The van der Waals surface area contributed by atoms with Crippen molar-refractivity contribution >= 4 is 12.4 Å². The van der Waals surface area contributed by atoms with E-state index in [1.165, 1.54) is 0 Å². The minimum absolute atomic E-state index is 0. The van der Waals surface area contributed by atoms with E-state index in [9.17, 15) is 0 Å². The van der Waals surface area contributed by atoms with Gasteiger partial charge in [-0.2, -0.15) is 0 Å². The lowest BCUT2D eigenvalue weighted by Gasteiger charge is -2.12. The van der Waals surface area contributed by atoms with E-state index in [4.69, 9.17) is 5.11 Å². The quantitative estimate of drug-likeness (QED) is 0.789. The molecule has 1 heterocycles. The number of aliphatic hydroxyl groups excluding tert-OH is 1. The van der Waals surface area contributed by atoms with Crippen LogP contribution in [0.3, 0.4) is 0 Å². The number of nitrogens with zero attached hydrogens (tertiary/aromatic N) is 2. The van der Waals surface area contributed by atoms with Gasteiger partial charge < -0.3 is 9.67 Å². The van der Waals surface area contributed by atoms with Gasteiger partial charge in [0, 0.05) is 6.04 Å². The minimum atomic E-state index is 0. The molecule has 0 aliphatic heterocycles. The van der Waals surface area contributed by atoms with Crippen LogP contribution in [0, 0.1) is 0 Å². The lowest BCUT2D eigenvalue weighted by molar-refractivity contribution is 0.266. The zero-order valence-electron chi connectivity index (χ0n) is 7.40. The van der Waals surface area contributed by atoms with E-state index in [2.05, 4.69) is 18.8 Å². The van der Waals surface area contributed by atoms with Crippen molar-refractivity contribution < 1.29 is 5.11 Å². The summed E-state index contributed by atoms with van der Waals surface area (Å²) >= 11 is 0. The highest BCUT2D eigenvalue weighted by Gasteiger charge is 2.05. The molecule has 1 N–H and O–H groups in total. The van der Waals surface area contributed by atoms with Crippen molar-refractivity contribution in [1.82, 2.24) is 9.55 Å². The van der Waals surface area contributed by atoms with E-state index >= 15 is 0 Å². The Morgan fingerprint density at radius 1 is 1.67 bits per heavy atom. The second-order valence-electron chi connectivity index (χ2n) is 2.71. The minimum Gasteiger partial charge on any atom is -0.390 e. The average molecular weight is 191 g/mol. The van der Waals surface area contributed by atoms with Crippen LogP contribution >= 0.6 is 12.4 Å². The lowest BCUT2D eigenvalue weighted by atomic mass is 10.2. The van der Waals surface area contributed by atoms with Crippen molar-refractivity contribution in [3.05, 3.63) is 18.2 Å². The van der Waals surface area contributed by atoms with E-state index in [0.29, 0.717) is 6.04 Å². The highest BCUT2D eigenvalue weighted by atomic mass is 35.5. The summed E-state index contributed by atoms with van der Waals surface area (Å²) in [5, 5.41) is 8.89. The molecule has 4 heteroatoms. The third kappa shape index (κ3) is 2.22. The van der Waals surface area contributed by atoms with Gasteiger partial charge in [-0.15, -0.1) is 12.4 Å². The second kappa shape index (κ2) is 5.17. The molecule has 0 bridgehead atoms. The first-order chi connectivity index (χ1) is 5.29. The van der Waals surface area contributed by atoms with Gasteiger partial charge in [0.1, 0.15) is 0 Å². The molecule has 12 heavy (non-hydrogen) atoms. The summed E-state index contributed by atoms with van der Waals surface area (Å²) in [5.41, 5.74) is 0.888. The molecular weight excluding hydrogens is 176 g/mol. The molecule has 0 spiro atoms. The number of halogens is 1. The van der Waals surface area contributed by atoms with Crippen LogP contribution in [-0.2, 0) is 6.61 Å². The standard InChI is InChI=1S/C8H14N2O.ClH/c1-3-7(2)10-6-9-4-8(10)5-11;/h4,6-7,11H,3,5H2,1-2H3;1H. The Balaban J connectivity index is 0.00000121. The van der Waals surface area contributed by atoms with Gasteiger partial charge in [0.2, 0.25) is 0 Å². The molecule has 0 saturated heterocycles. The fraction of sp³-hybridized carbons (Fsp3) is 0.625.